The summed E-state index contributed by atoms with van der Waals surface area (Å²) in [6.07, 6.45) is 0.0564. The maximum Gasteiger partial charge on any atom is 0.333 e. The highest BCUT2D eigenvalue weighted by molar-refractivity contribution is 7.88. The van der Waals surface area contributed by atoms with Gasteiger partial charge in [0, 0.05) is 0 Å². The second kappa shape index (κ2) is 7.09. The maximum atomic E-state index is 12.2. The lowest BCUT2D eigenvalue weighted by atomic mass is 10.3. The Bertz CT molecular complexity index is 711. The number of carbonyl (C=O) groups is 1. The largest absolute Gasteiger partial charge is 0.425 e. The van der Waals surface area contributed by atoms with Crippen LogP contribution in [0.5, 0.6) is 11.5 Å². The zero-order chi connectivity index (χ0) is 16.0. The lowest BCUT2D eigenvalue weighted by Gasteiger charge is -2.15. The van der Waals surface area contributed by atoms with Crippen molar-refractivity contribution in [3.8, 4) is 11.5 Å². The molecular weight excluding hydrogens is 304 g/mol. The minimum atomic E-state index is -4.12. The lowest BCUT2D eigenvalue weighted by molar-refractivity contribution is -0.134. The number of hydrogen-bond donors (Lipinski definition) is 0. The van der Waals surface area contributed by atoms with Crippen molar-refractivity contribution in [3.05, 3.63) is 60.7 Å². The topological polar surface area (TPSA) is 69.7 Å². The van der Waals surface area contributed by atoms with Gasteiger partial charge in [0.15, 0.2) is 5.25 Å². The first-order valence-corrected chi connectivity index (χ1v) is 8.25. The smallest absolute Gasteiger partial charge is 0.333 e. The average molecular weight is 320 g/mol. The van der Waals surface area contributed by atoms with Gasteiger partial charge in [-0.25, -0.2) is 0 Å². The van der Waals surface area contributed by atoms with Crippen molar-refractivity contribution >= 4 is 16.1 Å². The number of benzene rings is 2. The molecule has 5 nitrogen and oxygen atoms in total. The standard InChI is InChI=1S/C16H16O5S/c1-2-15(16(17)20-13-9-5-3-6-10-13)22(18,19)21-14-11-7-4-8-12-14/h3-12,15H,2H2,1H3/t15-/m0/s1. The molecule has 0 amide bonds. The Hall–Kier alpha value is -2.34. The lowest BCUT2D eigenvalue weighted by Crippen LogP contribution is -2.36. The molecule has 0 spiro atoms. The van der Waals surface area contributed by atoms with Gasteiger partial charge in [-0.05, 0) is 30.7 Å². The monoisotopic (exact) mass is 320 g/mol. The highest BCUT2D eigenvalue weighted by Gasteiger charge is 2.35. The zero-order valence-corrected chi connectivity index (χ0v) is 12.8. The van der Waals surface area contributed by atoms with E-state index in [1.54, 1.807) is 55.5 Å². The van der Waals surface area contributed by atoms with E-state index >= 15 is 0 Å². The van der Waals surface area contributed by atoms with Gasteiger partial charge in [-0.1, -0.05) is 43.3 Å². The van der Waals surface area contributed by atoms with Gasteiger partial charge in [0.2, 0.25) is 0 Å². The normalized spacial score (nSPS) is 12.4. The summed E-state index contributed by atoms with van der Waals surface area (Å²) >= 11 is 0. The first-order valence-electron chi connectivity index (χ1n) is 6.78. The van der Waals surface area contributed by atoms with Crippen LogP contribution < -0.4 is 8.92 Å². The van der Waals surface area contributed by atoms with Crippen LogP contribution in [0.1, 0.15) is 13.3 Å². The molecule has 0 fully saturated rings. The SMILES string of the molecule is CC[C@@H](C(=O)Oc1ccccc1)S(=O)(=O)Oc1ccccc1. The Morgan fingerprint density at radius 1 is 0.955 bits per heavy atom. The molecule has 1 atom stereocenters. The van der Waals surface area contributed by atoms with Gasteiger partial charge >= 0.3 is 16.1 Å². The van der Waals surface area contributed by atoms with Crippen molar-refractivity contribution in [2.45, 2.75) is 18.6 Å². The van der Waals surface area contributed by atoms with Gasteiger partial charge in [0.25, 0.3) is 0 Å². The van der Waals surface area contributed by atoms with Crippen molar-refractivity contribution in [2.75, 3.05) is 0 Å². The van der Waals surface area contributed by atoms with Crippen molar-refractivity contribution in [2.24, 2.45) is 0 Å². The summed E-state index contributed by atoms with van der Waals surface area (Å²) in [5.41, 5.74) is 0. The van der Waals surface area contributed by atoms with E-state index in [0.29, 0.717) is 5.75 Å². The molecule has 0 radical (unpaired) electrons. The van der Waals surface area contributed by atoms with Crippen LogP contribution in [0.2, 0.25) is 0 Å². The molecule has 0 aliphatic heterocycles. The van der Waals surface area contributed by atoms with Crippen LogP contribution in [0.15, 0.2) is 60.7 Å². The van der Waals surface area contributed by atoms with E-state index in [2.05, 4.69) is 0 Å². The molecule has 0 unspecified atom stereocenters. The third kappa shape index (κ3) is 4.08. The fraction of sp³-hybridized carbons (Fsp3) is 0.188. The van der Waals surface area contributed by atoms with Crippen LogP contribution in [-0.2, 0) is 14.9 Å². The van der Waals surface area contributed by atoms with Gasteiger partial charge in [-0.2, -0.15) is 8.42 Å². The van der Waals surface area contributed by atoms with Crippen LogP contribution in [0, 0.1) is 0 Å². The van der Waals surface area contributed by atoms with Crippen molar-refractivity contribution < 1.29 is 22.1 Å². The van der Waals surface area contributed by atoms with Crippen LogP contribution in [0.4, 0.5) is 0 Å². The first kappa shape index (κ1) is 16.0. The van der Waals surface area contributed by atoms with E-state index in [9.17, 15) is 13.2 Å². The molecule has 0 bridgehead atoms. The summed E-state index contributed by atoms with van der Waals surface area (Å²) in [6.45, 7) is 1.59. The average Bonchev–Trinajstić information content (AvgIpc) is 2.49. The van der Waals surface area contributed by atoms with E-state index in [4.69, 9.17) is 8.92 Å². The van der Waals surface area contributed by atoms with Crippen LogP contribution >= 0.6 is 0 Å². The number of hydrogen-bond acceptors (Lipinski definition) is 5. The fourth-order valence-electron chi connectivity index (χ4n) is 1.83. The van der Waals surface area contributed by atoms with E-state index in [0.717, 1.165) is 0 Å². The molecular formula is C16H16O5S. The van der Waals surface area contributed by atoms with E-state index in [-0.39, 0.29) is 12.2 Å². The Kier molecular flexibility index (Phi) is 5.16. The molecule has 0 heterocycles. The molecule has 0 saturated carbocycles. The van der Waals surface area contributed by atoms with Crippen molar-refractivity contribution in [3.63, 3.8) is 0 Å². The quantitative estimate of drug-likeness (QED) is 0.465. The minimum Gasteiger partial charge on any atom is -0.425 e. The molecule has 2 aromatic carbocycles. The Labute approximate surface area is 129 Å². The molecule has 2 rings (SSSR count). The van der Waals surface area contributed by atoms with Crippen molar-refractivity contribution in [1.82, 2.24) is 0 Å². The number of esters is 1. The second-order valence-corrected chi connectivity index (χ2v) is 6.24. The minimum absolute atomic E-state index is 0.0564. The molecule has 0 aliphatic rings. The predicted octanol–water partition coefficient (Wildman–Crippen LogP) is 2.78. The molecule has 0 saturated heterocycles. The van der Waals surface area contributed by atoms with Gasteiger partial charge in [-0.3, -0.25) is 4.79 Å². The summed E-state index contributed by atoms with van der Waals surface area (Å²) in [6, 6.07) is 16.4. The third-order valence-corrected chi connectivity index (χ3v) is 4.55. The Morgan fingerprint density at radius 3 is 1.95 bits per heavy atom. The van der Waals surface area contributed by atoms with Crippen LogP contribution in [0.3, 0.4) is 0 Å². The Morgan fingerprint density at radius 2 is 1.45 bits per heavy atom. The fourth-order valence-corrected chi connectivity index (χ4v) is 3.01. The van der Waals surface area contributed by atoms with Gasteiger partial charge in [0.1, 0.15) is 11.5 Å². The highest BCUT2D eigenvalue weighted by Crippen LogP contribution is 2.18. The first-order chi connectivity index (χ1) is 10.5. The molecule has 6 heteroatoms. The van der Waals surface area contributed by atoms with Gasteiger partial charge in [0.05, 0.1) is 0 Å². The maximum absolute atomic E-state index is 12.2. The predicted molar refractivity (Wildman–Crippen MR) is 82.1 cm³/mol. The highest BCUT2D eigenvalue weighted by atomic mass is 32.2. The molecule has 0 aliphatic carbocycles. The van der Waals surface area contributed by atoms with E-state index in [1.165, 1.54) is 12.1 Å². The summed E-state index contributed by atoms with van der Waals surface area (Å²) in [7, 11) is -4.12. The van der Waals surface area contributed by atoms with Crippen LogP contribution in [-0.4, -0.2) is 19.6 Å². The molecule has 22 heavy (non-hydrogen) atoms. The summed E-state index contributed by atoms with van der Waals surface area (Å²) in [4.78, 5) is 12.1. The third-order valence-electron chi connectivity index (χ3n) is 2.90. The van der Waals surface area contributed by atoms with Gasteiger partial charge in [-0.15, -0.1) is 0 Å². The van der Waals surface area contributed by atoms with E-state index < -0.39 is 21.3 Å². The number of para-hydroxylation sites is 2. The summed E-state index contributed by atoms with van der Waals surface area (Å²) in [5, 5.41) is -1.38. The van der Waals surface area contributed by atoms with E-state index in [1.807, 2.05) is 0 Å². The Balaban J connectivity index is 2.14. The molecule has 0 N–H and O–H groups in total. The van der Waals surface area contributed by atoms with Gasteiger partial charge < -0.3 is 8.92 Å². The number of ether oxygens (including phenoxy) is 1. The number of carbonyl (C=O) groups excluding carboxylic acids is 1. The molecule has 116 valence electrons. The van der Waals surface area contributed by atoms with Crippen LogP contribution in [0.25, 0.3) is 0 Å². The number of rotatable bonds is 6. The summed E-state index contributed by atoms with van der Waals surface area (Å²) < 4.78 is 34.6. The second-order valence-electron chi connectivity index (χ2n) is 4.52. The molecule has 2 aromatic rings. The molecule has 0 aromatic heterocycles. The zero-order valence-electron chi connectivity index (χ0n) is 12.0. The van der Waals surface area contributed by atoms with Crippen molar-refractivity contribution in [1.29, 1.82) is 0 Å². The summed E-state index contributed by atoms with van der Waals surface area (Å²) in [5.74, 6) is -0.404.